The summed E-state index contributed by atoms with van der Waals surface area (Å²) in [6, 6.07) is 1.35. The third-order valence-electron chi connectivity index (χ3n) is 1.13. The van der Waals surface area contributed by atoms with Crippen molar-refractivity contribution in [2.24, 2.45) is 10.9 Å². The molecule has 0 bridgehead atoms. The minimum atomic E-state index is -0.0756. The van der Waals surface area contributed by atoms with Crippen molar-refractivity contribution in [3.8, 4) is 5.75 Å². The first-order valence-electron chi connectivity index (χ1n) is 2.86. The van der Waals surface area contributed by atoms with Crippen LogP contribution in [0.2, 0.25) is 0 Å². The fourth-order valence-electron chi connectivity index (χ4n) is 0.626. The van der Waals surface area contributed by atoms with Crippen molar-refractivity contribution >= 4 is 5.84 Å². The molecular formula is C6H7N3O2. The summed E-state index contributed by atoms with van der Waals surface area (Å²) in [6.45, 7) is 0. The highest BCUT2D eigenvalue weighted by atomic mass is 16.4. The molecule has 1 aromatic heterocycles. The second kappa shape index (κ2) is 2.87. The Bertz CT molecular complexity index is 285. The Morgan fingerprint density at radius 1 is 1.55 bits per heavy atom. The third kappa shape index (κ3) is 1.57. The lowest BCUT2D eigenvalue weighted by Crippen LogP contribution is -2.12. The molecule has 0 aliphatic heterocycles. The summed E-state index contributed by atoms with van der Waals surface area (Å²) >= 11 is 0. The van der Waals surface area contributed by atoms with Gasteiger partial charge in [-0.05, 0) is 6.07 Å². The number of amidine groups is 1. The van der Waals surface area contributed by atoms with Gasteiger partial charge in [0.25, 0.3) is 0 Å². The Kier molecular flexibility index (Phi) is 1.91. The molecule has 5 nitrogen and oxygen atoms in total. The van der Waals surface area contributed by atoms with Crippen LogP contribution < -0.4 is 5.73 Å². The zero-order valence-corrected chi connectivity index (χ0v) is 5.60. The van der Waals surface area contributed by atoms with Gasteiger partial charge in [-0.2, -0.15) is 0 Å². The van der Waals surface area contributed by atoms with Gasteiger partial charge in [-0.25, -0.2) is 0 Å². The fourth-order valence-corrected chi connectivity index (χ4v) is 0.626. The van der Waals surface area contributed by atoms with Crippen LogP contribution >= 0.6 is 0 Å². The van der Waals surface area contributed by atoms with Crippen molar-refractivity contribution in [1.82, 2.24) is 4.98 Å². The van der Waals surface area contributed by atoms with Gasteiger partial charge in [0.1, 0.15) is 5.75 Å². The maximum absolute atomic E-state index is 8.90. The Morgan fingerprint density at radius 2 is 2.27 bits per heavy atom. The van der Waals surface area contributed by atoms with Gasteiger partial charge in [-0.1, -0.05) is 5.16 Å². The molecule has 0 radical (unpaired) electrons. The summed E-state index contributed by atoms with van der Waals surface area (Å²) < 4.78 is 0. The second-order valence-corrected chi connectivity index (χ2v) is 1.92. The van der Waals surface area contributed by atoms with Crippen LogP contribution in [-0.2, 0) is 0 Å². The fraction of sp³-hybridized carbons (Fsp3) is 0. The Hall–Kier alpha value is -1.78. The molecule has 0 aliphatic rings. The summed E-state index contributed by atoms with van der Waals surface area (Å²) in [7, 11) is 0. The molecular weight excluding hydrogens is 146 g/mol. The number of nitrogens with zero attached hydrogens (tertiary/aromatic N) is 2. The second-order valence-electron chi connectivity index (χ2n) is 1.92. The molecule has 5 heteroatoms. The van der Waals surface area contributed by atoms with Crippen molar-refractivity contribution in [2.75, 3.05) is 0 Å². The van der Waals surface area contributed by atoms with Crippen LogP contribution in [0, 0.1) is 0 Å². The summed E-state index contributed by atoms with van der Waals surface area (Å²) in [6.07, 6.45) is 2.64. The van der Waals surface area contributed by atoms with Crippen LogP contribution in [0.15, 0.2) is 23.6 Å². The molecule has 4 N–H and O–H groups in total. The van der Waals surface area contributed by atoms with Gasteiger partial charge >= 0.3 is 0 Å². The average Bonchev–Trinajstić information content (AvgIpc) is 2.03. The number of oxime groups is 1. The number of rotatable bonds is 1. The van der Waals surface area contributed by atoms with Gasteiger partial charge in [-0.3, -0.25) is 4.98 Å². The molecule has 0 aliphatic carbocycles. The predicted octanol–water partition coefficient (Wildman–Crippen LogP) is -0.118. The van der Waals surface area contributed by atoms with Gasteiger partial charge < -0.3 is 16.0 Å². The smallest absolute Gasteiger partial charge is 0.171 e. The van der Waals surface area contributed by atoms with E-state index in [2.05, 4.69) is 10.1 Å². The zero-order valence-electron chi connectivity index (χ0n) is 5.60. The van der Waals surface area contributed by atoms with E-state index in [-0.39, 0.29) is 11.6 Å². The highest BCUT2D eigenvalue weighted by Crippen LogP contribution is 2.07. The van der Waals surface area contributed by atoms with E-state index in [1.165, 1.54) is 18.5 Å². The monoisotopic (exact) mass is 153 g/mol. The first kappa shape index (κ1) is 7.33. The molecule has 0 fully saturated rings. The molecule has 0 atom stereocenters. The predicted molar refractivity (Wildman–Crippen MR) is 38.4 cm³/mol. The number of aromatic nitrogens is 1. The molecule has 0 aromatic carbocycles. The van der Waals surface area contributed by atoms with Crippen molar-refractivity contribution in [1.29, 1.82) is 0 Å². The minimum Gasteiger partial charge on any atom is -0.506 e. The third-order valence-corrected chi connectivity index (χ3v) is 1.13. The lowest BCUT2D eigenvalue weighted by molar-refractivity contribution is 0.318. The quantitative estimate of drug-likeness (QED) is 0.227. The van der Waals surface area contributed by atoms with E-state index in [1.54, 1.807) is 0 Å². The maximum atomic E-state index is 8.90. The normalized spacial score (nSPS) is 11.5. The molecule has 0 spiro atoms. The van der Waals surface area contributed by atoms with Crippen LogP contribution in [0.3, 0.4) is 0 Å². The van der Waals surface area contributed by atoms with Gasteiger partial charge in [0, 0.05) is 11.8 Å². The van der Waals surface area contributed by atoms with Gasteiger partial charge in [0.05, 0.1) is 6.20 Å². The SMILES string of the molecule is NC(=NO)c1cncc(O)c1. The van der Waals surface area contributed by atoms with Crippen molar-refractivity contribution in [3.05, 3.63) is 24.0 Å². The maximum Gasteiger partial charge on any atom is 0.171 e. The van der Waals surface area contributed by atoms with E-state index < -0.39 is 0 Å². The lowest BCUT2D eigenvalue weighted by Gasteiger charge is -1.96. The number of nitrogens with two attached hydrogens (primary N) is 1. The number of hydrogen-bond donors (Lipinski definition) is 3. The summed E-state index contributed by atoms with van der Waals surface area (Å²) in [5, 5.41) is 19.9. The highest BCUT2D eigenvalue weighted by Gasteiger charge is 1.98. The summed E-state index contributed by atoms with van der Waals surface area (Å²) in [5.74, 6) is -0.0949. The number of aromatic hydroxyl groups is 1. The van der Waals surface area contributed by atoms with Crippen molar-refractivity contribution in [3.63, 3.8) is 0 Å². The molecule has 0 saturated carbocycles. The molecule has 1 aromatic rings. The molecule has 11 heavy (non-hydrogen) atoms. The molecule has 1 rings (SSSR count). The largest absolute Gasteiger partial charge is 0.506 e. The van der Waals surface area contributed by atoms with E-state index in [4.69, 9.17) is 16.0 Å². The van der Waals surface area contributed by atoms with Crippen molar-refractivity contribution < 1.29 is 10.3 Å². The Labute approximate surface area is 62.8 Å². The van der Waals surface area contributed by atoms with E-state index in [0.29, 0.717) is 5.56 Å². The summed E-state index contributed by atoms with van der Waals surface area (Å²) in [5.41, 5.74) is 5.59. The average molecular weight is 153 g/mol. The molecule has 0 unspecified atom stereocenters. The van der Waals surface area contributed by atoms with Crippen molar-refractivity contribution in [2.45, 2.75) is 0 Å². The highest BCUT2D eigenvalue weighted by molar-refractivity contribution is 5.96. The number of hydrogen-bond acceptors (Lipinski definition) is 4. The topological polar surface area (TPSA) is 91.7 Å². The van der Waals surface area contributed by atoms with Crippen LogP contribution in [0.4, 0.5) is 0 Å². The first-order valence-corrected chi connectivity index (χ1v) is 2.86. The van der Waals surface area contributed by atoms with E-state index >= 15 is 0 Å². The Morgan fingerprint density at radius 3 is 2.82 bits per heavy atom. The van der Waals surface area contributed by atoms with E-state index in [0.717, 1.165) is 0 Å². The Balaban J connectivity index is 3.06. The first-order chi connectivity index (χ1) is 5.24. The van der Waals surface area contributed by atoms with Crippen LogP contribution in [0.5, 0.6) is 5.75 Å². The van der Waals surface area contributed by atoms with Crippen LogP contribution in [0.1, 0.15) is 5.56 Å². The lowest BCUT2D eigenvalue weighted by atomic mass is 10.2. The summed E-state index contributed by atoms with van der Waals surface area (Å²) in [4.78, 5) is 3.63. The molecule has 0 amide bonds. The van der Waals surface area contributed by atoms with Gasteiger partial charge in [0.2, 0.25) is 0 Å². The number of pyridine rings is 1. The van der Waals surface area contributed by atoms with Gasteiger partial charge in [0.15, 0.2) is 5.84 Å². The molecule has 1 heterocycles. The van der Waals surface area contributed by atoms with Gasteiger partial charge in [-0.15, -0.1) is 0 Å². The minimum absolute atomic E-state index is 0.0194. The standard InChI is InChI=1S/C6H7N3O2/c7-6(9-11)4-1-5(10)3-8-2-4/h1-3,10-11H,(H2,7,9). The molecule has 58 valence electrons. The van der Waals surface area contributed by atoms with Crippen LogP contribution in [-0.4, -0.2) is 21.1 Å². The van der Waals surface area contributed by atoms with E-state index in [1.807, 2.05) is 0 Å². The zero-order chi connectivity index (χ0) is 8.27. The molecule has 0 saturated heterocycles. The van der Waals surface area contributed by atoms with Crippen LogP contribution in [0.25, 0.3) is 0 Å². The van der Waals surface area contributed by atoms with E-state index in [9.17, 15) is 0 Å².